The summed E-state index contributed by atoms with van der Waals surface area (Å²) in [6.07, 6.45) is 8.97. The number of halogens is 2. The number of rotatable bonds is 3. The van der Waals surface area contributed by atoms with Crippen LogP contribution in [0.15, 0.2) is 0 Å². The topological polar surface area (TPSA) is 18.5 Å². The van der Waals surface area contributed by atoms with E-state index in [0.717, 1.165) is 25.7 Å². The fourth-order valence-corrected chi connectivity index (χ4v) is 3.11. The lowest BCUT2D eigenvalue weighted by Gasteiger charge is -2.30. The highest BCUT2D eigenvalue weighted by Crippen LogP contribution is 2.29. The Bertz CT molecular complexity index is 191. The van der Waals surface area contributed by atoms with E-state index in [2.05, 4.69) is 0 Å². The highest BCUT2D eigenvalue weighted by atomic mass is 35.5. The fourth-order valence-electron chi connectivity index (χ4n) is 2.46. The molecule has 4 heteroatoms. The van der Waals surface area contributed by atoms with E-state index < -0.39 is 0 Å². The minimum Gasteiger partial charge on any atom is -0.231 e. The molecule has 0 aromatic rings. The highest BCUT2D eigenvalue weighted by molar-refractivity contribution is 6.21. The van der Waals surface area contributed by atoms with Crippen LogP contribution in [0.2, 0.25) is 0 Å². The largest absolute Gasteiger partial charge is 0.231 e. The summed E-state index contributed by atoms with van der Waals surface area (Å²) >= 11 is 12.4. The molecule has 94 valence electrons. The van der Waals surface area contributed by atoms with E-state index in [-0.39, 0.29) is 23.0 Å². The summed E-state index contributed by atoms with van der Waals surface area (Å²) in [4.78, 5) is 11.0. The number of hydrogen-bond acceptors (Lipinski definition) is 2. The summed E-state index contributed by atoms with van der Waals surface area (Å²) in [5.74, 6) is 0. The Morgan fingerprint density at radius 3 is 1.38 bits per heavy atom. The molecule has 0 bridgehead atoms. The average Bonchev–Trinajstić information content (AvgIpc) is 2.30. The van der Waals surface area contributed by atoms with Gasteiger partial charge in [-0.1, -0.05) is 25.7 Å². The summed E-state index contributed by atoms with van der Waals surface area (Å²) in [7, 11) is 0. The quantitative estimate of drug-likeness (QED) is 0.436. The second kappa shape index (κ2) is 6.44. The van der Waals surface area contributed by atoms with Gasteiger partial charge in [0.25, 0.3) is 0 Å². The van der Waals surface area contributed by atoms with Crippen LogP contribution in [0, 0.1) is 0 Å². The molecule has 16 heavy (non-hydrogen) atoms. The van der Waals surface area contributed by atoms with Crippen molar-refractivity contribution in [2.45, 2.75) is 74.3 Å². The van der Waals surface area contributed by atoms with Crippen LogP contribution in [0.25, 0.3) is 0 Å². The minimum atomic E-state index is 0.0567. The van der Waals surface area contributed by atoms with E-state index in [1.807, 2.05) is 0 Å². The van der Waals surface area contributed by atoms with Crippen molar-refractivity contribution < 1.29 is 9.78 Å². The Labute approximate surface area is 108 Å². The van der Waals surface area contributed by atoms with Gasteiger partial charge in [-0.3, -0.25) is 0 Å². The lowest BCUT2D eigenvalue weighted by molar-refractivity contribution is -0.356. The summed E-state index contributed by atoms with van der Waals surface area (Å²) in [5.41, 5.74) is 0. The molecule has 0 aromatic heterocycles. The lowest BCUT2D eigenvalue weighted by atomic mass is 9.97. The number of hydrogen-bond donors (Lipinski definition) is 0. The maximum absolute atomic E-state index is 6.20. The summed E-state index contributed by atoms with van der Waals surface area (Å²) in [5, 5.41) is 0.206. The second-order valence-corrected chi connectivity index (χ2v) is 5.99. The minimum absolute atomic E-state index is 0.0567. The van der Waals surface area contributed by atoms with Gasteiger partial charge >= 0.3 is 0 Å². The fraction of sp³-hybridized carbons (Fsp3) is 1.00. The smallest absolute Gasteiger partial charge is 0.109 e. The van der Waals surface area contributed by atoms with Crippen molar-refractivity contribution >= 4 is 23.2 Å². The first-order valence-electron chi connectivity index (χ1n) is 6.37. The molecule has 2 saturated carbocycles. The molecule has 0 aliphatic heterocycles. The molecule has 2 rings (SSSR count). The van der Waals surface area contributed by atoms with Crippen LogP contribution in [0.3, 0.4) is 0 Å². The normalized spacial score (nSPS) is 40.9. The monoisotopic (exact) mass is 266 g/mol. The zero-order valence-corrected chi connectivity index (χ0v) is 11.1. The summed E-state index contributed by atoms with van der Waals surface area (Å²) in [6.45, 7) is 0. The third-order valence-corrected chi connectivity index (χ3v) is 4.55. The van der Waals surface area contributed by atoms with Crippen LogP contribution in [0.4, 0.5) is 0 Å². The van der Waals surface area contributed by atoms with Crippen LogP contribution >= 0.6 is 23.2 Å². The highest BCUT2D eigenvalue weighted by Gasteiger charge is 2.29. The SMILES string of the molecule is ClC1CCCCC1OOC1CCCCC1Cl. The van der Waals surface area contributed by atoms with E-state index in [4.69, 9.17) is 33.0 Å². The Balaban J connectivity index is 1.72. The predicted octanol–water partition coefficient (Wildman–Crippen LogP) is 4.03. The molecular formula is C12H20Cl2O2. The van der Waals surface area contributed by atoms with Crippen molar-refractivity contribution in [2.75, 3.05) is 0 Å². The first kappa shape index (κ1) is 12.9. The van der Waals surface area contributed by atoms with E-state index in [0.29, 0.717) is 0 Å². The van der Waals surface area contributed by atoms with Gasteiger partial charge in [-0.25, -0.2) is 9.78 Å². The molecule has 4 atom stereocenters. The first-order chi connectivity index (χ1) is 7.77. The molecule has 0 amide bonds. The van der Waals surface area contributed by atoms with E-state index in [1.54, 1.807) is 0 Å². The van der Waals surface area contributed by atoms with Crippen molar-refractivity contribution in [3.8, 4) is 0 Å². The van der Waals surface area contributed by atoms with Gasteiger partial charge in [0, 0.05) is 0 Å². The molecule has 2 aliphatic carbocycles. The molecule has 2 fully saturated rings. The van der Waals surface area contributed by atoms with E-state index >= 15 is 0 Å². The van der Waals surface area contributed by atoms with Crippen molar-refractivity contribution in [3.05, 3.63) is 0 Å². The van der Waals surface area contributed by atoms with Crippen LogP contribution in [-0.2, 0) is 9.78 Å². The summed E-state index contributed by atoms with van der Waals surface area (Å²) < 4.78 is 0. The van der Waals surface area contributed by atoms with Gasteiger partial charge in [0.2, 0.25) is 0 Å². The van der Waals surface area contributed by atoms with Crippen molar-refractivity contribution in [2.24, 2.45) is 0 Å². The van der Waals surface area contributed by atoms with Crippen LogP contribution in [-0.4, -0.2) is 23.0 Å². The lowest BCUT2D eigenvalue weighted by Crippen LogP contribution is -2.34. The molecule has 2 nitrogen and oxygen atoms in total. The maximum atomic E-state index is 6.20. The van der Waals surface area contributed by atoms with E-state index in [9.17, 15) is 0 Å². The Hall–Kier alpha value is 0.500. The molecule has 0 heterocycles. The van der Waals surface area contributed by atoms with Crippen LogP contribution < -0.4 is 0 Å². The maximum Gasteiger partial charge on any atom is 0.109 e. The molecular weight excluding hydrogens is 247 g/mol. The Morgan fingerprint density at radius 2 is 1.00 bits per heavy atom. The first-order valence-corrected chi connectivity index (χ1v) is 7.25. The zero-order chi connectivity index (χ0) is 11.4. The predicted molar refractivity (Wildman–Crippen MR) is 66.0 cm³/mol. The molecule has 0 saturated heterocycles. The van der Waals surface area contributed by atoms with Gasteiger partial charge in [-0.15, -0.1) is 23.2 Å². The van der Waals surface area contributed by atoms with Crippen molar-refractivity contribution in [1.82, 2.24) is 0 Å². The van der Waals surface area contributed by atoms with Gasteiger partial charge in [-0.05, 0) is 25.7 Å². The third-order valence-electron chi connectivity index (χ3n) is 3.55. The molecule has 0 aromatic carbocycles. The number of alkyl halides is 2. The molecule has 4 unspecified atom stereocenters. The zero-order valence-electron chi connectivity index (χ0n) is 9.54. The third kappa shape index (κ3) is 3.49. The Kier molecular flexibility index (Phi) is 5.21. The van der Waals surface area contributed by atoms with Gasteiger partial charge < -0.3 is 0 Å². The standard InChI is InChI=1S/C12H20Cl2O2/c13-9-5-1-3-7-11(9)15-16-12-8-4-2-6-10(12)14/h9-12H,1-8H2. The van der Waals surface area contributed by atoms with Crippen LogP contribution in [0.1, 0.15) is 51.4 Å². The van der Waals surface area contributed by atoms with E-state index in [1.165, 1.54) is 25.7 Å². The van der Waals surface area contributed by atoms with Gasteiger partial charge in [0.05, 0.1) is 10.8 Å². The molecule has 2 aliphatic rings. The van der Waals surface area contributed by atoms with Gasteiger partial charge in [-0.2, -0.15) is 0 Å². The summed E-state index contributed by atoms with van der Waals surface area (Å²) in [6, 6.07) is 0. The van der Waals surface area contributed by atoms with Crippen molar-refractivity contribution in [3.63, 3.8) is 0 Å². The average molecular weight is 267 g/mol. The molecule has 0 radical (unpaired) electrons. The second-order valence-electron chi connectivity index (χ2n) is 4.87. The van der Waals surface area contributed by atoms with Gasteiger partial charge in [0.15, 0.2) is 0 Å². The van der Waals surface area contributed by atoms with Crippen molar-refractivity contribution in [1.29, 1.82) is 0 Å². The van der Waals surface area contributed by atoms with Crippen LogP contribution in [0.5, 0.6) is 0 Å². The molecule has 0 N–H and O–H groups in total. The molecule has 0 spiro atoms. The Morgan fingerprint density at radius 1 is 0.625 bits per heavy atom. The van der Waals surface area contributed by atoms with Gasteiger partial charge in [0.1, 0.15) is 12.2 Å².